The zero-order valence-electron chi connectivity index (χ0n) is 14.5. The molecule has 0 saturated carbocycles. The summed E-state index contributed by atoms with van der Waals surface area (Å²) in [6, 6.07) is 12.4. The number of nitrogens with one attached hydrogen (secondary N) is 2. The molecule has 0 bridgehead atoms. The van der Waals surface area contributed by atoms with E-state index in [0.29, 0.717) is 10.7 Å². The number of thioether (sulfide) groups is 1. The molecule has 0 radical (unpaired) electrons. The molecule has 1 aliphatic rings. The third-order valence-electron chi connectivity index (χ3n) is 3.89. The van der Waals surface area contributed by atoms with E-state index in [1.54, 1.807) is 24.3 Å². The van der Waals surface area contributed by atoms with Crippen molar-refractivity contribution in [2.24, 2.45) is 0 Å². The van der Waals surface area contributed by atoms with Gasteiger partial charge in [-0.25, -0.2) is 0 Å². The maximum Gasteiger partial charge on any atom is 0.307 e. The molecule has 0 spiro atoms. The topological polar surface area (TPSA) is 84.5 Å². The maximum atomic E-state index is 12.1. The predicted molar refractivity (Wildman–Crippen MR) is 105 cm³/mol. The fourth-order valence-corrected chi connectivity index (χ4v) is 3.86. The van der Waals surface area contributed by atoms with E-state index < -0.39 is 23.7 Å². The van der Waals surface area contributed by atoms with E-state index >= 15 is 0 Å². The number of esters is 1. The highest BCUT2D eigenvalue weighted by Crippen LogP contribution is 2.36. The maximum absolute atomic E-state index is 12.1. The van der Waals surface area contributed by atoms with E-state index in [0.717, 1.165) is 16.1 Å². The Hall–Kier alpha value is -2.51. The first-order valence-electron chi connectivity index (χ1n) is 8.20. The molecule has 1 aliphatic heterocycles. The molecule has 0 aliphatic carbocycles. The highest BCUT2D eigenvalue weighted by molar-refractivity contribution is 8.01. The van der Waals surface area contributed by atoms with Crippen LogP contribution < -0.4 is 10.6 Å². The average Bonchev–Trinajstić information content (AvgIpc) is 2.63. The van der Waals surface area contributed by atoms with Crippen molar-refractivity contribution in [3.05, 3.63) is 53.1 Å². The molecule has 0 unspecified atom stereocenters. The van der Waals surface area contributed by atoms with Crippen LogP contribution in [0.25, 0.3) is 0 Å². The largest absolute Gasteiger partial charge is 0.456 e. The summed E-state index contributed by atoms with van der Waals surface area (Å²) >= 11 is 7.18. The van der Waals surface area contributed by atoms with Gasteiger partial charge in [-0.1, -0.05) is 23.7 Å². The lowest BCUT2D eigenvalue weighted by molar-refractivity contribution is -0.147. The Labute approximate surface area is 165 Å². The third kappa shape index (κ3) is 5.02. The van der Waals surface area contributed by atoms with Gasteiger partial charge in [-0.2, -0.15) is 0 Å². The smallest absolute Gasteiger partial charge is 0.307 e. The van der Waals surface area contributed by atoms with Crippen LogP contribution >= 0.6 is 23.4 Å². The van der Waals surface area contributed by atoms with Crippen LogP contribution in [0.5, 0.6) is 0 Å². The monoisotopic (exact) mass is 404 g/mol. The number of anilines is 2. The van der Waals surface area contributed by atoms with Gasteiger partial charge in [0, 0.05) is 15.6 Å². The van der Waals surface area contributed by atoms with Crippen molar-refractivity contribution in [1.82, 2.24) is 0 Å². The molecule has 2 N–H and O–H groups in total. The lowest BCUT2D eigenvalue weighted by atomic mass is 10.2. The van der Waals surface area contributed by atoms with Crippen molar-refractivity contribution in [3.8, 4) is 0 Å². The molecule has 2 aromatic rings. The zero-order valence-corrected chi connectivity index (χ0v) is 16.0. The van der Waals surface area contributed by atoms with E-state index in [-0.39, 0.29) is 12.3 Å². The molecule has 0 saturated heterocycles. The number of halogens is 1. The lowest BCUT2D eigenvalue weighted by Gasteiger charge is -2.23. The van der Waals surface area contributed by atoms with Gasteiger partial charge >= 0.3 is 5.97 Å². The molecule has 0 aromatic heterocycles. The van der Waals surface area contributed by atoms with Gasteiger partial charge in [-0.05, 0) is 42.8 Å². The SMILES string of the molecule is Cc1cc(Cl)ccc1NC(=O)COC(=O)C[C@@H]1Sc2ccccc2NC1=O. The number of rotatable bonds is 5. The number of ether oxygens (including phenoxy) is 1. The quantitative estimate of drug-likeness (QED) is 0.743. The van der Waals surface area contributed by atoms with Gasteiger partial charge in [0.05, 0.1) is 17.4 Å². The lowest BCUT2D eigenvalue weighted by Crippen LogP contribution is -2.32. The Morgan fingerprint density at radius 3 is 2.81 bits per heavy atom. The van der Waals surface area contributed by atoms with Crippen molar-refractivity contribution in [2.75, 3.05) is 17.2 Å². The van der Waals surface area contributed by atoms with Crippen molar-refractivity contribution in [2.45, 2.75) is 23.5 Å². The number of hydrogen-bond donors (Lipinski definition) is 2. The van der Waals surface area contributed by atoms with Crippen LogP contribution in [-0.4, -0.2) is 29.6 Å². The van der Waals surface area contributed by atoms with Crippen LogP contribution in [0.2, 0.25) is 5.02 Å². The number of aryl methyl sites for hydroxylation is 1. The number of carbonyl (C=O) groups is 3. The predicted octanol–water partition coefficient (Wildman–Crippen LogP) is 3.63. The van der Waals surface area contributed by atoms with Gasteiger partial charge in [0.15, 0.2) is 6.61 Å². The minimum Gasteiger partial charge on any atom is -0.456 e. The Kier molecular flexibility index (Phi) is 6.03. The standard InChI is InChI=1S/C19H17ClN2O4S/c1-11-8-12(20)6-7-13(11)21-17(23)10-26-18(24)9-16-19(25)22-14-4-2-3-5-15(14)27-16/h2-8,16H,9-10H2,1H3,(H,21,23)(H,22,25)/t16-/m0/s1. The summed E-state index contributed by atoms with van der Waals surface area (Å²) in [5, 5.41) is 5.41. The summed E-state index contributed by atoms with van der Waals surface area (Å²) in [6.45, 7) is 1.39. The van der Waals surface area contributed by atoms with Crippen LogP contribution in [-0.2, 0) is 19.1 Å². The van der Waals surface area contributed by atoms with Gasteiger partial charge < -0.3 is 15.4 Å². The van der Waals surface area contributed by atoms with Gasteiger partial charge in [-0.15, -0.1) is 11.8 Å². The van der Waals surface area contributed by atoms with Crippen molar-refractivity contribution in [3.63, 3.8) is 0 Å². The Balaban J connectivity index is 1.49. The molecule has 8 heteroatoms. The second-order valence-corrected chi connectivity index (χ2v) is 7.65. The van der Waals surface area contributed by atoms with Crippen molar-refractivity contribution >= 4 is 52.5 Å². The normalized spacial score (nSPS) is 15.5. The molecule has 140 valence electrons. The van der Waals surface area contributed by atoms with E-state index in [9.17, 15) is 14.4 Å². The van der Waals surface area contributed by atoms with Gasteiger partial charge in [0.1, 0.15) is 0 Å². The number of amides is 2. The molecule has 6 nitrogen and oxygen atoms in total. The van der Waals surface area contributed by atoms with E-state index in [2.05, 4.69) is 10.6 Å². The van der Waals surface area contributed by atoms with Crippen molar-refractivity contribution < 1.29 is 19.1 Å². The second-order valence-electron chi connectivity index (χ2n) is 5.96. The van der Waals surface area contributed by atoms with Crippen LogP contribution in [0.4, 0.5) is 11.4 Å². The minimum absolute atomic E-state index is 0.113. The number of hydrogen-bond acceptors (Lipinski definition) is 5. The van der Waals surface area contributed by atoms with Gasteiger partial charge in [0.2, 0.25) is 5.91 Å². The summed E-state index contributed by atoms with van der Waals surface area (Å²) in [6.07, 6.45) is -0.113. The number of benzene rings is 2. The Bertz CT molecular complexity index is 903. The molecule has 1 heterocycles. The molecule has 1 atom stereocenters. The third-order valence-corrected chi connectivity index (χ3v) is 5.40. The average molecular weight is 405 g/mol. The first-order valence-corrected chi connectivity index (χ1v) is 9.46. The zero-order chi connectivity index (χ0) is 19.4. The van der Waals surface area contributed by atoms with Gasteiger partial charge in [0.25, 0.3) is 5.91 Å². The summed E-state index contributed by atoms with van der Waals surface area (Å²) in [5.41, 5.74) is 2.13. The van der Waals surface area contributed by atoms with Crippen molar-refractivity contribution in [1.29, 1.82) is 0 Å². The molecule has 3 rings (SSSR count). The second kappa shape index (κ2) is 8.45. The Morgan fingerprint density at radius 2 is 2.04 bits per heavy atom. The van der Waals surface area contributed by atoms with Crippen LogP contribution in [0.1, 0.15) is 12.0 Å². The first kappa shape index (κ1) is 19.3. The number of carbonyl (C=O) groups excluding carboxylic acids is 3. The van der Waals surface area contributed by atoms with E-state index in [1.165, 1.54) is 11.8 Å². The fourth-order valence-electron chi connectivity index (χ4n) is 2.54. The highest BCUT2D eigenvalue weighted by Gasteiger charge is 2.29. The van der Waals surface area contributed by atoms with Crippen LogP contribution in [0.3, 0.4) is 0 Å². The molecular formula is C19H17ClN2O4S. The molecular weight excluding hydrogens is 388 g/mol. The first-order chi connectivity index (χ1) is 12.9. The Morgan fingerprint density at radius 1 is 1.26 bits per heavy atom. The van der Waals surface area contributed by atoms with Crippen LogP contribution in [0.15, 0.2) is 47.4 Å². The highest BCUT2D eigenvalue weighted by atomic mass is 35.5. The number of fused-ring (bicyclic) bond motifs is 1. The molecule has 0 fully saturated rings. The molecule has 2 amide bonds. The summed E-state index contributed by atoms with van der Waals surface area (Å²) < 4.78 is 5.01. The summed E-state index contributed by atoms with van der Waals surface area (Å²) in [5.74, 6) is -1.32. The van der Waals surface area contributed by atoms with E-state index in [1.807, 2.05) is 25.1 Å². The molecule has 2 aromatic carbocycles. The van der Waals surface area contributed by atoms with Crippen LogP contribution in [0, 0.1) is 6.92 Å². The summed E-state index contributed by atoms with van der Waals surface area (Å²) in [7, 11) is 0. The van der Waals surface area contributed by atoms with Gasteiger partial charge in [-0.3, -0.25) is 14.4 Å². The molecule has 27 heavy (non-hydrogen) atoms. The summed E-state index contributed by atoms with van der Waals surface area (Å²) in [4.78, 5) is 37.0. The van der Waals surface area contributed by atoms with E-state index in [4.69, 9.17) is 16.3 Å². The number of para-hydroxylation sites is 1. The minimum atomic E-state index is -0.606. The fraction of sp³-hybridized carbons (Fsp3) is 0.211.